The smallest absolute Gasteiger partial charge is 0.265 e. The summed E-state index contributed by atoms with van der Waals surface area (Å²) in [5, 5.41) is 1.04. The first-order valence-corrected chi connectivity index (χ1v) is 8.43. The molecule has 4 heteroatoms. The van der Waals surface area contributed by atoms with Crippen molar-refractivity contribution in [3.63, 3.8) is 0 Å². The minimum atomic E-state index is -0.361. The summed E-state index contributed by atoms with van der Waals surface area (Å²) >= 11 is 0. The highest BCUT2D eigenvalue weighted by molar-refractivity contribution is 5.97. The SMILES string of the molecule is CCCCCCCC(CC)n1c(C(N)=O)cc2ccncc21. The fourth-order valence-corrected chi connectivity index (χ4v) is 3.15. The van der Waals surface area contributed by atoms with Crippen molar-refractivity contribution in [1.29, 1.82) is 0 Å². The number of rotatable bonds is 9. The van der Waals surface area contributed by atoms with E-state index in [1.54, 1.807) is 6.20 Å². The van der Waals surface area contributed by atoms with Gasteiger partial charge in [0.25, 0.3) is 5.91 Å². The summed E-state index contributed by atoms with van der Waals surface area (Å²) in [7, 11) is 0. The molecule has 1 unspecified atom stereocenters. The molecule has 0 aliphatic heterocycles. The van der Waals surface area contributed by atoms with Crippen molar-refractivity contribution in [2.75, 3.05) is 0 Å². The Labute approximate surface area is 132 Å². The lowest BCUT2D eigenvalue weighted by Crippen LogP contribution is -2.20. The molecule has 0 aliphatic rings. The predicted octanol–water partition coefficient (Wildman–Crippen LogP) is 4.45. The van der Waals surface area contributed by atoms with Gasteiger partial charge in [-0.05, 0) is 25.0 Å². The van der Waals surface area contributed by atoms with Gasteiger partial charge in [0.05, 0.1) is 11.7 Å². The number of primary amides is 1. The van der Waals surface area contributed by atoms with Crippen LogP contribution in [-0.4, -0.2) is 15.5 Å². The first kappa shape index (κ1) is 16.5. The summed E-state index contributed by atoms with van der Waals surface area (Å²) in [5.41, 5.74) is 7.20. The number of hydrogen-bond donors (Lipinski definition) is 1. The molecule has 0 bridgehead atoms. The Balaban J connectivity index is 2.21. The summed E-state index contributed by atoms with van der Waals surface area (Å²) in [6.07, 6.45) is 12.0. The van der Waals surface area contributed by atoms with Crippen LogP contribution in [0.3, 0.4) is 0 Å². The summed E-state index contributed by atoms with van der Waals surface area (Å²) in [6.45, 7) is 4.40. The molecule has 1 amide bonds. The number of carbonyl (C=O) groups excluding carboxylic acids is 1. The van der Waals surface area contributed by atoms with Crippen molar-refractivity contribution < 1.29 is 4.79 Å². The lowest BCUT2D eigenvalue weighted by Gasteiger charge is -2.20. The van der Waals surface area contributed by atoms with Crippen LogP contribution in [0.25, 0.3) is 10.9 Å². The van der Waals surface area contributed by atoms with E-state index >= 15 is 0 Å². The molecule has 2 aromatic rings. The highest BCUT2D eigenvalue weighted by atomic mass is 16.1. The largest absolute Gasteiger partial charge is 0.364 e. The Kier molecular flexibility index (Phi) is 5.99. The number of nitrogens with zero attached hydrogens (tertiary/aromatic N) is 2. The normalized spacial score (nSPS) is 12.6. The van der Waals surface area contributed by atoms with E-state index in [0.29, 0.717) is 11.7 Å². The molecule has 0 aliphatic carbocycles. The van der Waals surface area contributed by atoms with Gasteiger partial charge in [0.15, 0.2) is 0 Å². The zero-order valence-corrected chi connectivity index (χ0v) is 13.7. The average Bonchev–Trinajstić information content (AvgIpc) is 2.91. The first-order chi connectivity index (χ1) is 10.7. The van der Waals surface area contributed by atoms with Crippen LogP contribution in [0.2, 0.25) is 0 Å². The predicted molar refractivity (Wildman–Crippen MR) is 91.0 cm³/mol. The van der Waals surface area contributed by atoms with Gasteiger partial charge >= 0.3 is 0 Å². The molecule has 0 saturated carbocycles. The van der Waals surface area contributed by atoms with E-state index < -0.39 is 0 Å². The molecule has 0 radical (unpaired) electrons. The van der Waals surface area contributed by atoms with Crippen molar-refractivity contribution in [3.05, 3.63) is 30.2 Å². The van der Waals surface area contributed by atoms with Gasteiger partial charge in [-0.25, -0.2) is 0 Å². The Morgan fingerprint density at radius 3 is 2.73 bits per heavy atom. The van der Waals surface area contributed by atoms with Gasteiger partial charge < -0.3 is 10.3 Å². The second-order valence-corrected chi connectivity index (χ2v) is 5.96. The second kappa shape index (κ2) is 7.97. The maximum Gasteiger partial charge on any atom is 0.265 e. The van der Waals surface area contributed by atoms with E-state index in [1.165, 1.54) is 32.1 Å². The molecule has 4 nitrogen and oxygen atoms in total. The Bertz CT molecular complexity index is 618. The van der Waals surface area contributed by atoms with E-state index in [2.05, 4.69) is 23.4 Å². The molecule has 2 rings (SSSR count). The molecule has 120 valence electrons. The minimum Gasteiger partial charge on any atom is -0.364 e. The number of hydrogen-bond acceptors (Lipinski definition) is 2. The lowest BCUT2D eigenvalue weighted by atomic mass is 10.0. The fraction of sp³-hybridized carbons (Fsp3) is 0.556. The monoisotopic (exact) mass is 301 g/mol. The number of pyridine rings is 1. The number of carbonyl (C=O) groups is 1. The van der Waals surface area contributed by atoms with Gasteiger partial charge in [0.1, 0.15) is 5.69 Å². The van der Waals surface area contributed by atoms with Crippen LogP contribution in [0.4, 0.5) is 0 Å². The van der Waals surface area contributed by atoms with Crippen LogP contribution in [-0.2, 0) is 0 Å². The molecule has 2 aromatic heterocycles. The third kappa shape index (κ3) is 3.67. The number of aromatic nitrogens is 2. The van der Waals surface area contributed by atoms with Gasteiger partial charge in [-0.2, -0.15) is 0 Å². The summed E-state index contributed by atoms with van der Waals surface area (Å²) in [6, 6.07) is 4.14. The van der Waals surface area contributed by atoms with E-state index in [-0.39, 0.29) is 5.91 Å². The van der Waals surface area contributed by atoms with Crippen LogP contribution in [0.15, 0.2) is 24.5 Å². The van der Waals surface area contributed by atoms with Crippen molar-refractivity contribution in [2.24, 2.45) is 5.73 Å². The van der Waals surface area contributed by atoms with Crippen LogP contribution in [0, 0.1) is 0 Å². The number of amides is 1. The standard InChI is InChI=1S/C18H27N3O/c1-3-5-6-7-8-9-15(4-2)21-16(18(19)22)12-14-10-11-20-13-17(14)21/h10-13,15H,3-9H2,1-2H3,(H2,19,22). The summed E-state index contributed by atoms with van der Waals surface area (Å²) in [4.78, 5) is 16.0. The Morgan fingerprint density at radius 2 is 2.05 bits per heavy atom. The first-order valence-electron chi connectivity index (χ1n) is 8.43. The fourth-order valence-electron chi connectivity index (χ4n) is 3.15. The van der Waals surface area contributed by atoms with Gasteiger partial charge in [0, 0.05) is 17.6 Å². The van der Waals surface area contributed by atoms with Crippen LogP contribution in [0.1, 0.15) is 75.3 Å². The number of unbranched alkanes of at least 4 members (excludes halogenated alkanes) is 4. The lowest BCUT2D eigenvalue weighted by molar-refractivity contribution is 0.0989. The third-order valence-electron chi connectivity index (χ3n) is 4.37. The van der Waals surface area contributed by atoms with Gasteiger partial charge in [0.2, 0.25) is 0 Å². The van der Waals surface area contributed by atoms with Crippen molar-refractivity contribution in [3.8, 4) is 0 Å². The number of fused-ring (bicyclic) bond motifs is 1. The van der Waals surface area contributed by atoms with E-state index in [9.17, 15) is 4.79 Å². The average molecular weight is 301 g/mol. The Hall–Kier alpha value is -1.84. The van der Waals surface area contributed by atoms with Gasteiger partial charge in [-0.15, -0.1) is 0 Å². The molecule has 22 heavy (non-hydrogen) atoms. The quantitative estimate of drug-likeness (QED) is 0.696. The Morgan fingerprint density at radius 1 is 1.27 bits per heavy atom. The van der Waals surface area contributed by atoms with E-state index in [0.717, 1.165) is 23.7 Å². The van der Waals surface area contributed by atoms with Crippen molar-refractivity contribution in [1.82, 2.24) is 9.55 Å². The highest BCUT2D eigenvalue weighted by Crippen LogP contribution is 2.28. The topological polar surface area (TPSA) is 60.9 Å². The molecular formula is C18H27N3O. The second-order valence-electron chi connectivity index (χ2n) is 5.96. The summed E-state index contributed by atoms with van der Waals surface area (Å²) in [5.74, 6) is -0.361. The van der Waals surface area contributed by atoms with E-state index in [4.69, 9.17) is 5.73 Å². The van der Waals surface area contributed by atoms with Crippen molar-refractivity contribution >= 4 is 16.8 Å². The maximum absolute atomic E-state index is 11.8. The minimum absolute atomic E-state index is 0.311. The molecule has 2 N–H and O–H groups in total. The molecule has 0 spiro atoms. The maximum atomic E-state index is 11.8. The molecule has 2 heterocycles. The highest BCUT2D eigenvalue weighted by Gasteiger charge is 2.19. The van der Waals surface area contributed by atoms with E-state index in [1.807, 2.05) is 18.3 Å². The van der Waals surface area contributed by atoms with Crippen LogP contribution >= 0.6 is 0 Å². The third-order valence-corrected chi connectivity index (χ3v) is 4.37. The molecule has 1 atom stereocenters. The van der Waals surface area contributed by atoms with Gasteiger partial charge in [-0.3, -0.25) is 9.78 Å². The zero-order valence-electron chi connectivity index (χ0n) is 13.7. The van der Waals surface area contributed by atoms with Gasteiger partial charge in [-0.1, -0.05) is 46.0 Å². The summed E-state index contributed by atoms with van der Waals surface area (Å²) < 4.78 is 2.10. The molecule has 0 saturated heterocycles. The molecular weight excluding hydrogens is 274 g/mol. The van der Waals surface area contributed by atoms with Crippen LogP contribution < -0.4 is 5.73 Å². The molecule has 0 fully saturated rings. The zero-order chi connectivity index (χ0) is 15.9. The molecule has 0 aromatic carbocycles. The number of nitrogens with two attached hydrogens (primary N) is 1. The van der Waals surface area contributed by atoms with Crippen molar-refractivity contribution in [2.45, 2.75) is 64.8 Å². The van der Waals surface area contributed by atoms with Crippen LogP contribution in [0.5, 0.6) is 0 Å².